The highest BCUT2D eigenvalue weighted by Crippen LogP contribution is 2.23. The first-order valence-corrected chi connectivity index (χ1v) is 3.64. The van der Waals surface area contributed by atoms with Crippen molar-refractivity contribution < 1.29 is 9.53 Å². The Kier molecular flexibility index (Phi) is 2.69. The molecule has 64 valence electrons. The smallest absolute Gasteiger partial charge is 0.124 e. The van der Waals surface area contributed by atoms with E-state index in [0.29, 0.717) is 17.9 Å². The molecule has 0 atom stereocenters. The van der Waals surface area contributed by atoms with E-state index in [1.165, 1.54) is 0 Å². The number of anilines is 1. The SMILES string of the molecule is COc1cccc(N)c1CC=O. The van der Waals surface area contributed by atoms with Crippen molar-refractivity contribution in [2.75, 3.05) is 12.8 Å². The van der Waals surface area contributed by atoms with Crippen LogP contribution in [0.4, 0.5) is 5.69 Å². The lowest BCUT2D eigenvalue weighted by Gasteiger charge is -2.07. The maximum absolute atomic E-state index is 10.3. The summed E-state index contributed by atoms with van der Waals surface area (Å²) in [6, 6.07) is 5.33. The van der Waals surface area contributed by atoms with Gasteiger partial charge in [0, 0.05) is 17.7 Å². The molecule has 12 heavy (non-hydrogen) atoms. The fourth-order valence-electron chi connectivity index (χ4n) is 1.08. The van der Waals surface area contributed by atoms with E-state index in [0.717, 1.165) is 11.8 Å². The first-order chi connectivity index (χ1) is 5.79. The Morgan fingerprint density at radius 1 is 1.58 bits per heavy atom. The number of nitrogen functional groups attached to an aromatic ring is 1. The molecule has 3 heteroatoms. The molecule has 0 fully saturated rings. The van der Waals surface area contributed by atoms with Crippen LogP contribution in [0, 0.1) is 0 Å². The molecule has 1 aromatic carbocycles. The summed E-state index contributed by atoms with van der Waals surface area (Å²) in [6.45, 7) is 0. The van der Waals surface area contributed by atoms with Crippen LogP contribution in [0.2, 0.25) is 0 Å². The van der Waals surface area contributed by atoms with Gasteiger partial charge in [0.1, 0.15) is 12.0 Å². The minimum Gasteiger partial charge on any atom is -0.496 e. The molecule has 0 aromatic heterocycles. The van der Waals surface area contributed by atoms with E-state index in [-0.39, 0.29) is 0 Å². The van der Waals surface area contributed by atoms with E-state index in [1.807, 2.05) is 0 Å². The first-order valence-electron chi connectivity index (χ1n) is 3.64. The number of hydrogen-bond donors (Lipinski definition) is 1. The third-order valence-electron chi connectivity index (χ3n) is 1.68. The molecule has 0 amide bonds. The van der Waals surface area contributed by atoms with Gasteiger partial charge >= 0.3 is 0 Å². The van der Waals surface area contributed by atoms with Gasteiger partial charge in [0.05, 0.1) is 7.11 Å². The van der Waals surface area contributed by atoms with E-state index < -0.39 is 0 Å². The zero-order chi connectivity index (χ0) is 8.97. The van der Waals surface area contributed by atoms with Gasteiger partial charge in [0.2, 0.25) is 0 Å². The van der Waals surface area contributed by atoms with Crippen LogP contribution in [0.25, 0.3) is 0 Å². The topological polar surface area (TPSA) is 52.3 Å². The molecule has 3 nitrogen and oxygen atoms in total. The minimum atomic E-state index is 0.301. The predicted octanol–water partition coefficient (Wildman–Crippen LogP) is 1.02. The molecule has 0 aliphatic rings. The summed E-state index contributed by atoms with van der Waals surface area (Å²) in [5.41, 5.74) is 7.00. The summed E-state index contributed by atoms with van der Waals surface area (Å²) in [7, 11) is 1.56. The third kappa shape index (κ3) is 1.56. The van der Waals surface area contributed by atoms with Crippen molar-refractivity contribution in [1.82, 2.24) is 0 Å². The molecule has 0 aliphatic carbocycles. The maximum atomic E-state index is 10.3. The van der Waals surface area contributed by atoms with Gasteiger partial charge in [-0.1, -0.05) is 6.07 Å². The monoisotopic (exact) mass is 165 g/mol. The Labute approximate surface area is 71.1 Å². The van der Waals surface area contributed by atoms with Gasteiger partial charge in [-0.2, -0.15) is 0 Å². The molecule has 0 heterocycles. The van der Waals surface area contributed by atoms with Crippen molar-refractivity contribution in [3.8, 4) is 5.75 Å². The second-order valence-electron chi connectivity index (χ2n) is 2.40. The normalized spacial score (nSPS) is 9.42. The summed E-state index contributed by atoms with van der Waals surface area (Å²) in [4.78, 5) is 10.3. The number of carbonyl (C=O) groups excluding carboxylic acids is 1. The second-order valence-corrected chi connectivity index (χ2v) is 2.40. The zero-order valence-electron chi connectivity index (χ0n) is 6.91. The van der Waals surface area contributed by atoms with Gasteiger partial charge in [0.15, 0.2) is 0 Å². The molecule has 0 aliphatic heterocycles. The lowest BCUT2D eigenvalue weighted by molar-refractivity contribution is -0.107. The second kappa shape index (κ2) is 3.76. The summed E-state index contributed by atoms with van der Waals surface area (Å²) in [5.74, 6) is 0.669. The number of carbonyl (C=O) groups is 1. The number of ether oxygens (including phenoxy) is 1. The Morgan fingerprint density at radius 3 is 2.92 bits per heavy atom. The Balaban J connectivity index is 3.10. The van der Waals surface area contributed by atoms with Crippen LogP contribution in [0.1, 0.15) is 5.56 Å². The number of benzene rings is 1. The fraction of sp³-hybridized carbons (Fsp3) is 0.222. The highest BCUT2D eigenvalue weighted by atomic mass is 16.5. The van der Waals surface area contributed by atoms with Crippen LogP contribution < -0.4 is 10.5 Å². The van der Waals surface area contributed by atoms with Crippen LogP contribution in [0.5, 0.6) is 5.75 Å². The Morgan fingerprint density at radius 2 is 2.33 bits per heavy atom. The third-order valence-corrected chi connectivity index (χ3v) is 1.68. The van der Waals surface area contributed by atoms with Gasteiger partial charge in [-0.05, 0) is 12.1 Å². The zero-order valence-corrected chi connectivity index (χ0v) is 6.91. The quantitative estimate of drug-likeness (QED) is 0.537. The van der Waals surface area contributed by atoms with E-state index in [1.54, 1.807) is 25.3 Å². The van der Waals surface area contributed by atoms with Gasteiger partial charge in [-0.25, -0.2) is 0 Å². The van der Waals surface area contributed by atoms with Crippen LogP contribution in [0.3, 0.4) is 0 Å². The van der Waals surface area contributed by atoms with Crippen LogP contribution in [0.15, 0.2) is 18.2 Å². The Hall–Kier alpha value is -1.51. The summed E-state index contributed by atoms with van der Waals surface area (Å²) < 4.78 is 5.04. The maximum Gasteiger partial charge on any atom is 0.124 e. The van der Waals surface area contributed by atoms with Gasteiger partial charge in [-0.3, -0.25) is 0 Å². The molecule has 1 rings (SSSR count). The summed E-state index contributed by atoms with van der Waals surface area (Å²) in [5, 5.41) is 0. The number of nitrogens with two attached hydrogens (primary N) is 1. The molecule has 0 spiro atoms. The lowest BCUT2D eigenvalue weighted by atomic mass is 10.1. The molecule has 0 unspecified atom stereocenters. The molecular formula is C9H11NO2. The van der Waals surface area contributed by atoms with Crippen molar-refractivity contribution in [1.29, 1.82) is 0 Å². The molecular weight excluding hydrogens is 154 g/mol. The van der Waals surface area contributed by atoms with Gasteiger partial charge in [-0.15, -0.1) is 0 Å². The summed E-state index contributed by atoms with van der Waals surface area (Å²) >= 11 is 0. The van der Waals surface area contributed by atoms with Gasteiger partial charge in [0.25, 0.3) is 0 Å². The number of methoxy groups -OCH3 is 1. The molecule has 0 radical (unpaired) electrons. The van der Waals surface area contributed by atoms with Crippen molar-refractivity contribution >= 4 is 12.0 Å². The number of rotatable bonds is 3. The largest absolute Gasteiger partial charge is 0.496 e. The van der Waals surface area contributed by atoms with Crippen molar-refractivity contribution in [2.24, 2.45) is 0 Å². The summed E-state index contributed by atoms with van der Waals surface area (Å²) in [6.07, 6.45) is 1.12. The number of hydrogen-bond acceptors (Lipinski definition) is 3. The average molecular weight is 165 g/mol. The molecule has 0 saturated carbocycles. The van der Waals surface area contributed by atoms with E-state index >= 15 is 0 Å². The molecule has 1 aromatic rings. The molecule has 2 N–H and O–H groups in total. The number of aldehydes is 1. The van der Waals surface area contributed by atoms with Crippen LogP contribution in [-0.2, 0) is 11.2 Å². The molecule has 0 bridgehead atoms. The molecule has 0 saturated heterocycles. The van der Waals surface area contributed by atoms with Crippen LogP contribution >= 0.6 is 0 Å². The standard InChI is InChI=1S/C9H11NO2/c1-12-9-4-2-3-8(10)7(9)5-6-11/h2-4,6H,5,10H2,1H3. The van der Waals surface area contributed by atoms with Crippen molar-refractivity contribution in [3.05, 3.63) is 23.8 Å². The average Bonchev–Trinajstić information content (AvgIpc) is 2.09. The van der Waals surface area contributed by atoms with Gasteiger partial charge < -0.3 is 15.3 Å². The van der Waals surface area contributed by atoms with E-state index in [9.17, 15) is 4.79 Å². The fourth-order valence-corrected chi connectivity index (χ4v) is 1.08. The first kappa shape index (κ1) is 8.59. The highest BCUT2D eigenvalue weighted by molar-refractivity contribution is 5.65. The van der Waals surface area contributed by atoms with E-state index in [2.05, 4.69) is 0 Å². The Bertz CT molecular complexity index is 284. The van der Waals surface area contributed by atoms with Crippen molar-refractivity contribution in [3.63, 3.8) is 0 Å². The van der Waals surface area contributed by atoms with E-state index in [4.69, 9.17) is 10.5 Å². The predicted molar refractivity (Wildman–Crippen MR) is 47.2 cm³/mol. The minimum absolute atomic E-state index is 0.301. The highest BCUT2D eigenvalue weighted by Gasteiger charge is 2.04. The van der Waals surface area contributed by atoms with Crippen molar-refractivity contribution in [2.45, 2.75) is 6.42 Å². The van der Waals surface area contributed by atoms with Crippen LogP contribution in [-0.4, -0.2) is 13.4 Å². The lowest BCUT2D eigenvalue weighted by Crippen LogP contribution is -1.98.